The number of nitrogen functional groups attached to an aromatic ring is 1. The van der Waals surface area contributed by atoms with Crippen LogP contribution in [-0.4, -0.2) is 48.9 Å². The number of halogens is 1. The predicted molar refractivity (Wildman–Crippen MR) is 70.2 cm³/mol. The molecule has 0 atom stereocenters. The maximum Gasteiger partial charge on any atom is 0.128 e. The van der Waals surface area contributed by atoms with Crippen molar-refractivity contribution in [2.24, 2.45) is 5.73 Å². The fourth-order valence-electron chi connectivity index (χ4n) is 2.09. The summed E-state index contributed by atoms with van der Waals surface area (Å²) in [5.41, 5.74) is 6.44. The summed E-state index contributed by atoms with van der Waals surface area (Å²) in [6.07, 6.45) is 0. The van der Waals surface area contributed by atoms with E-state index in [4.69, 9.17) is 11.1 Å². The van der Waals surface area contributed by atoms with Crippen molar-refractivity contribution < 1.29 is 4.39 Å². The lowest BCUT2D eigenvalue weighted by atomic mass is 10.1. The molecule has 2 rings (SSSR count). The second kappa shape index (κ2) is 5.46. The van der Waals surface area contributed by atoms with E-state index in [0.717, 1.165) is 26.2 Å². The summed E-state index contributed by atoms with van der Waals surface area (Å²) >= 11 is 0. The number of rotatable bonds is 3. The molecule has 1 saturated heterocycles. The van der Waals surface area contributed by atoms with Crippen LogP contribution in [0, 0.1) is 11.2 Å². The fraction of sp³-hybridized carbons (Fsp3) is 0.462. The van der Waals surface area contributed by atoms with Gasteiger partial charge in [0.15, 0.2) is 0 Å². The molecule has 1 aromatic rings. The van der Waals surface area contributed by atoms with Crippen molar-refractivity contribution in [2.45, 2.75) is 6.54 Å². The SMILES string of the molecule is CN1CCN(Cc2ccc(C(=N)N)cc2F)CC1. The number of hydrogen-bond acceptors (Lipinski definition) is 3. The molecule has 1 aliphatic heterocycles. The lowest BCUT2D eigenvalue weighted by Gasteiger charge is -2.32. The smallest absolute Gasteiger partial charge is 0.128 e. The number of amidine groups is 1. The zero-order valence-electron chi connectivity index (χ0n) is 10.6. The minimum Gasteiger partial charge on any atom is -0.384 e. The van der Waals surface area contributed by atoms with Gasteiger partial charge in [0.05, 0.1) is 0 Å². The van der Waals surface area contributed by atoms with Gasteiger partial charge in [-0.15, -0.1) is 0 Å². The normalized spacial score (nSPS) is 17.9. The van der Waals surface area contributed by atoms with Crippen molar-refractivity contribution in [2.75, 3.05) is 33.2 Å². The average Bonchev–Trinajstić information content (AvgIpc) is 2.34. The first-order chi connectivity index (χ1) is 8.56. The van der Waals surface area contributed by atoms with Crippen LogP contribution >= 0.6 is 0 Å². The van der Waals surface area contributed by atoms with Crippen LogP contribution in [0.3, 0.4) is 0 Å². The molecule has 98 valence electrons. The summed E-state index contributed by atoms with van der Waals surface area (Å²) in [6.45, 7) is 4.59. The summed E-state index contributed by atoms with van der Waals surface area (Å²) in [5, 5.41) is 7.27. The molecule has 0 spiro atoms. The Labute approximate surface area is 107 Å². The summed E-state index contributed by atoms with van der Waals surface area (Å²) in [4.78, 5) is 4.51. The Bertz CT molecular complexity index is 439. The third-order valence-electron chi connectivity index (χ3n) is 3.35. The van der Waals surface area contributed by atoms with Crippen molar-refractivity contribution in [3.8, 4) is 0 Å². The van der Waals surface area contributed by atoms with E-state index < -0.39 is 0 Å². The van der Waals surface area contributed by atoms with Crippen LogP contribution < -0.4 is 5.73 Å². The van der Waals surface area contributed by atoms with E-state index >= 15 is 0 Å². The third-order valence-corrected chi connectivity index (χ3v) is 3.35. The van der Waals surface area contributed by atoms with Crippen LogP contribution in [-0.2, 0) is 6.54 Å². The van der Waals surface area contributed by atoms with E-state index in [0.29, 0.717) is 17.7 Å². The molecule has 4 nitrogen and oxygen atoms in total. The fourth-order valence-corrected chi connectivity index (χ4v) is 2.09. The molecule has 0 bridgehead atoms. The Hall–Kier alpha value is -1.46. The highest BCUT2D eigenvalue weighted by atomic mass is 19.1. The third kappa shape index (κ3) is 3.05. The minimum atomic E-state index is -0.276. The van der Waals surface area contributed by atoms with E-state index in [2.05, 4.69) is 16.8 Å². The van der Waals surface area contributed by atoms with Gasteiger partial charge in [-0.3, -0.25) is 10.3 Å². The number of likely N-dealkylation sites (N-methyl/N-ethyl adjacent to an activating group) is 1. The predicted octanol–water partition coefficient (Wildman–Crippen LogP) is 0.857. The Morgan fingerprint density at radius 1 is 1.33 bits per heavy atom. The topological polar surface area (TPSA) is 56.4 Å². The van der Waals surface area contributed by atoms with Crippen molar-refractivity contribution >= 4 is 5.84 Å². The Morgan fingerprint density at radius 2 is 2.00 bits per heavy atom. The van der Waals surface area contributed by atoms with Crippen LogP contribution in [0.2, 0.25) is 0 Å². The average molecular weight is 250 g/mol. The first-order valence-corrected chi connectivity index (χ1v) is 6.10. The summed E-state index contributed by atoms with van der Waals surface area (Å²) in [6, 6.07) is 4.77. The number of nitrogens with two attached hydrogens (primary N) is 1. The molecule has 1 aromatic carbocycles. The molecule has 1 heterocycles. The van der Waals surface area contributed by atoms with E-state index in [-0.39, 0.29) is 11.7 Å². The number of hydrogen-bond donors (Lipinski definition) is 2. The molecule has 3 N–H and O–H groups in total. The van der Waals surface area contributed by atoms with Crippen LogP contribution in [0.15, 0.2) is 18.2 Å². The quantitative estimate of drug-likeness (QED) is 0.618. The monoisotopic (exact) mass is 250 g/mol. The maximum atomic E-state index is 13.9. The van der Waals surface area contributed by atoms with Gasteiger partial charge >= 0.3 is 0 Å². The molecule has 1 fully saturated rings. The first-order valence-electron chi connectivity index (χ1n) is 6.10. The second-order valence-corrected chi connectivity index (χ2v) is 4.80. The number of benzene rings is 1. The van der Waals surface area contributed by atoms with E-state index in [1.54, 1.807) is 12.1 Å². The van der Waals surface area contributed by atoms with Gasteiger partial charge in [-0.05, 0) is 13.1 Å². The standard InChI is InChI=1S/C13H19FN4/c1-17-4-6-18(7-5-17)9-11-3-2-10(13(15)16)8-12(11)14/h2-3,8H,4-7,9H2,1H3,(H3,15,16). The number of piperazine rings is 1. The molecule has 0 saturated carbocycles. The van der Waals surface area contributed by atoms with Gasteiger partial charge in [-0.25, -0.2) is 4.39 Å². The van der Waals surface area contributed by atoms with Gasteiger partial charge in [-0.2, -0.15) is 0 Å². The molecule has 1 aliphatic rings. The van der Waals surface area contributed by atoms with Gasteiger partial charge < -0.3 is 10.6 Å². The van der Waals surface area contributed by atoms with Gasteiger partial charge in [0, 0.05) is 43.9 Å². The minimum absolute atomic E-state index is 0.0972. The molecule has 0 aliphatic carbocycles. The van der Waals surface area contributed by atoms with E-state index in [9.17, 15) is 4.39 Å². The van der Waals surface area contributed by atoms with Crippen LogP contribution in [0.25, 0.3) is 0 Å². The maximum absolute atomic E-state index is 13.9. The van der Waals surface area contributed by atoms with Crippen molar-refractivity contribution in [3.05, 3.63) is 35.1 Å². The highest BCUT2D eigenvalue weighted by molar-refractivity contribution is 5.94. The summed E-state index contributed by atoms with van der Waals surface area (Å²) in [5.74, 6) is -0.373. The number of nitrogens with zero attached hydrogens (tertiary/aromatic N) is 2. The van der Waals surface area contributed by atoms with Gasteiger partial charge in [0.1, 0.15) is 11.7 Å². The van der Waals surface area contributed by atoms with Gasteiger partial charge in [0.25, 0.3) is 0 Å². The second-order valence-electron chi connectivity index (χ2n) is 4.80. The van der Waals surface area contributed by atoms with Crippen LogP contribution in [0.4, 0.5) is 4.39 Å². The Balaban J connectivity index is 2.03. The Kier molecular flexibility index (Phi) is 3.93. The van der Waals surface area contributed by atoms with Crippen molar-refractivity contribution in [3.63, 3.8) is 0 Å². The Morgan fingerprint density at radius 3 is 2.56 bits per heavy atom. The molecule has 0 aromatic heterocycles. The number of nitrogens with one attached hydrogen (secondary N) is 1. The zero-order valence-corrected chi connectivity index (χ0v) is 10.6. The van der Waals surface area contributed by atoms with Crippen molar-refractivity contribution in [1.82, 2.24) is 9.80 Å². The highest BCUT2D eigenvalue weighted by Crippen LogP contribution is 2.14. The summed E-state index contributed by atoms with van der Waals surface area (Å²) in [7, 11) is 2.10. The van der Waals surface area contributed by atoms with Gasteiger partial charge in [-0.1, -0.05) is 12.1 Å². The van der Waals surface area contributed by atoms with Crippen LogP contribution in [0.5, 0.6) is 0 Å². The lowest BCUT2D eigenvalue weighted by molar-refractivity contribution is 0.147. The molecule has 0 radical (unpaired) electrons. The van der Waals surface area contributed by atoms with Crippen molar-refractivity contribution in [1.29, 1.82) is 5.41 Å². The largest absolute Gasteiger partial charge is 0.384 e. The van der Waals surface area contributed by atoms with Gasteiger partial charge in [0.2, 0.25) is 0 Å². The van der Waals surface area contributed by atoms with E-state index in [1.807, 2.05) is 0 Å². The molecular weight excluding hydrogens is 231 g/mol. The molecule has 18 heavy (non-hydrogen) atoms. The molecule has 0 unspecified atom stereocenters. The van der Waals surface area contributed by atoms with Crippen LogP contribution in [0.1, 0.15) is 11.1 Å². The highest BCUT2D eigenvalue weighted by Gasteiger charge is 2.15. The lowest BCUT2D eigenvalue weighted by Crippen LogP contribution is -2.44. The first kappa shape index (κ1) is 13.0. The molecule has 5 heteroatoms. The summed E-state index contributed by atoms with van der Waals surface area (Å²) < 4.78 is 13.9. The molecule has 0 amide bonds. The zero-order chi connectivity index (χ0) is 13.1. The van der Waals surface area contributed by atoms with E-state index in [1.165, 1.54) is 6.07 Å². The molecular formula is C13H19FN4.